The van der Waals surface area contributed by atoms with Crippen LogP contribution in [0.2, 0.25) is 0 Å². The summed E-state index contributed by atoms with van der Waals surface area (Å²) in [5.41, 5.74) is 5.74. The topological polar surface area (TPSA) is 58.4 Å². The van der Waals surface area contributed by atoms with E-state index in [-0.39, 0.29) is 17.9 Å². The van der Waals surface area contributed by atoms with Gasteiger partial charge < -0.3 is 16.0 Å². The molecule has 0 aromatic rings. The number of rotatable bonds is 6. The van der Waals surface area contributed by atoms with Crippen LogP contribution < -0.4 is 11.1 Å². The van der Waals surface area contributed by atoms with E-state index in [9.17, 15) is 4.79 Å². The van der Waals surface area contributed by atoms with E-state index in [1.807, 2.05) is 13.8 Å². The first kappa shape index (κ1) is 13.5. The first-order chi connectivity index (χ1) is 7.61. The standard InChI is InChI=1S/C12H25N3O/c1-10(2)11(13)12(16)14-6-5-9-15-7-3-4-8-15/h10-11H,3-9,13H2,1-2H3,(H,14,16)/t11-/m1/s1. The minimum atomic E-state index is -0.369. The second-order valence-corrected chi connectivity index (χ2v) is 4.96. The number of carbonyl (C=O) groups excluding carboxylic acids is 1. The maximum atomic E-state index is 11.5. The molecule has 0 radical (unpaired) electrons. The van der Waals surface area contributed by atoms with Crippen molar-refractivity contribution in [2.45, 2.75) is 39.2 Å². The van der Waals surface area contributed by atoms with Gasteiger partial charge in [0.2, 0.25) is 5.91 Å². The molecule has 0 unspecified atom stereocenters. The predicted molar refractivity (Wildman–Crippen MR) is 66.1 cm³/mol. The summed E-state index contributed by atoms with van der Waals surface area (Å²) >= 11 is 0. The van der Waals surface area contributed by atoms with Crippen molar-refractivity contribution >= 4 is 5.91 Å². The lowest BCUT2D eigenvalue weighted by Crippen LogP contribution is -2.44. The Morgan fingerprint density at radius 1 is 1.38 bits per heavy atom. The summed E-state index contributed by atoms with van der Waals surface area (Å²) in [4.78, 5) is 14.0. The van der Waals surface area contributed by atoms with Gasteiger partial charge in [0, 0.05) is 6.54 Å². The van der Waals surface area contributed by atoms with Crippen molar-refractivity contribution in [3.05, 3.63) is 0 Å². The lowest BCUT2D eigenvalue weighted by Gasteiger charge is -2.17. The zero-order valence-corrected chi connectivity index (χ0v) is 10.5. The van der Waals surface area contributed by atoms with E-state index < -0.39 is 0 Å². The Bertz CT molecular complexity index is 212. The zero-order valence-electron chi connectivity index (χ0n) is 10.5. The van der Waals surface area contributed by atoms with E-state index in [1.54, 1.807) is 0 Å². The number of nitrogens with two attached hydrogens (primary N) is 1. The molecule has 0 aliphatic carbocycles. The van der Waals surface area contributed by atoms with Gasteiger partial charge in [0.1, 0.15) is 0 Å². The maximum absolute atomic E-state index is 11.5. The van der Waals surface area contributed by atoms with Crippen molar-refractivity contribution in [1.29, 1.82) is 0 Å². The van der Waals surface area contributed by atoms with Crippen LogP contribution in [0, 0.1) is 5.92 Å². The van der Waals surface area contributed by atoms with Gasteiger partial charge in [0.25, 0.3) is 0 Å². The lowest BCUT2D eigenvalue weighted by atomic mass is 10.1. The molecule has 1 amide bonds. The summed E-state index contributed by atoms with van der Waals surface area (Å²) < 4.78 is 0. The number of nitrogens with one attached hydrogen (secondary N) is 1. The molecule has 1 aliphatic heterocycles. The van der Waals surface area contributed by atoms with Crippen LogP contribution in [-0.2, 0) is 4.79 Å². The minimum absolute atomic E-state index is 0.0172. The Morgan fingerprint density at radius 2 is 2.00 bits per heavy atom. The van der Waals surface area contributed by atoms with Gasteiger partial charge in [0.05, 0.1) is 6.04 Å². The summed E-state index contributed by atoms with van der Waals surface area (Å²) in [6, 6.07) is -0.369. The van der Waals surface area contributed by atoms with Crippen molar-refractivity contribution in [1.82, 2.24) is 10.2 Å². The Kier molecular flexibility index (Phi) is 5.77. The molecule has 0 saturated carbocycles. The number of amides is 1. The molecule has 4 heteroatoms. The van der Waals surface area contributed by atoms with Gasteiger partial charge in [-0.05, 0) is 44.8 Å². The van der Waals surface area contributed by atoms with E-state index in [1.165, 1.54) is 25.9 Å². The van der Waals surface area contributed by atoms with Crippen LogP contribution in [0.1, 0.15) is 33.1 Å². The second kappa shape index (κ2) is 6.86. The van der Waals surface area contributed by atoms with Gasteiger partial charge in [-0.15, -0.1) is 0 Å². The number of likely N-dealkylation sites (tertiary alicyclic amines) is 1. The molecule has 0 bridgehead atoms. The predicted octanol–water partition coefficient (Wildman–Crippen LogP) is 0.572. The van der Waals surface area contributed by atoms with E-state index >= 15 is 0 Å². The third-order valence-corrected chi connectivity index (χ3v) is 3.17. The lowest BCUT2D eigenvalue weighted by molar-refractivity contribution is -0.123. The third-order valence-electron chi connectivity index (χ3n) is 3.17. The average Bonchev–Trinajstić information content (AvgIpc) is 2.75. The fourth-order valence-electron chi connectivity index (χ4n) is 1.94. The number of nitrogens with zero attached hydrogens (tertiary/aromatic N) is 1. The summed E-state index contributed by atoms with van der Waals surface area (Å²) in [5, 5.41) is 2.90. The molecule has 1 aliphatic rings. The molecular formula is C12H25N3O. The number of hydrogen-bond acceptors (Lipinski definition) is 3. The molecule has 94 valence electrons. The van der Waals surface area contributed by atoms with Crippen LogP contribution in [0.25, 0.3) is 0 Å². The highest BCUT2D eigenvalue weighted by Gasteiger charge is 2.16. The van der Waals surface area contributed by atoms with Crippen LogP contribution in [0.4, 0.5) is 0 Å². The first-order valence-electron chi connectivity index (χ1n) is 6.37. The van der Waals surface area contributed by atoms with Crippen molar-refractivity contribution in [3.8, 4) is 0 Å². The summed E-state index contributed by atoms with van der Waals surface area (Å²) in [7, 11) is 0. The summed E-state index contributed by atoms with van der Waals surface area (Å²) in [5.74, 6) is 0.190. The molecule has 1 fully saturated rings. The number of carbonyl (C=O) groups is 1. The third kappa shape index (κ3) is 4.49. The van der Waals surface area contributed by atoms with Crippen LogP contribution in [0.15, 0.2) is 0 Å². The fourth-order valence-corrected chi connectivity index (χ4v) is 1.94. The second-order valence-electron chi connectivity index (χ2n) is 4.96. The number of hydrogen-bond donors (Lipinski definition) is 2. The molecular weight excluding hydrogens is 202 g/mol. The zero-order chi connectivity index (χ0) is 12.0. The van der Waals surface area contributed by atoms with Gasteiger partial charge >= 0.3 is 0 Å². The van der Waals surface area contributed by atoms with Gasteiger partial charge in [-0.2, -0.15) is 0 Å². The molecule has 1 saturated heterocycles. The summed E-state index contributed by atoms with van der Waals surface area (Å²) in [6.07, 6.45) is 3.67. The molecule has 1 heterocycles. The van der Waals surface area contributed by atoms with Gasteiger partial charge in [-0.1, -0.05) is 13.8 Å². The van der Waals surface area contributed by atoms with Crippen molar-refractivity contribution in [2.75, 3.05) is 26.2 Å². The van der Waals surface area contributed by atoms with E-state index in [2.05, 4.69) is 10.2 Å². The van der Waals surface area contributed by atoms with Crippen molar-refractivity contribution < 1.29 is 4.79 Å². The first-order valence-corrected chi connectivity index (χ1v) is 6.37. The normalized spacial score (nSPS) is 19.0. The Hall–Kier alpha value is -0.610. The van der Waals surface area contributed by atoms with E-state index in [0.717, 1.165) is 19.5 Å². The molecule has 0 aromatic carbocycles. The molecule has 1 atom stereocenters. The van der Waals surface area contributed by atoms with Crippen LogP contribution >= 0.6 is 0 Å². The highest BCUT2D eigenvalue weighted by Crippen LogP contribution is 2.06. The highest BCUT2D eigenvalue weighted by atomic mass is 16.2. The molecule has 16 heavy (non-hydrogen) atoms. The van der Waals surface area contributed by atoms with E-state index in [0.29, 0.717) is 0 Å². The van der Waals surface area contributed by atoms with E-state index in [4.69, 9.17) is 5.73 Å². The monoisotopic (exact) mass is 227 g/mol. The maximum Gasteiger partial charge on any atom is 0.237 e. The highest BCUT2D eigenvalue weighted by molar-refractivity contribution is 5.81. The van der Waals surface area contributed by atoms with Gasteiger partial charge in [-0.25, -0.2) is 0 Å². The van der Waals surface area contributed by atoms with Crippen LogP contribution in [0.5, 0.6) is 0 Å². The average molecular weight is 227 g/mol. The van der Waals surface area contributed by atoms with Gasteiger partial charge in [-0.3, -0.25) is 4.79 Å². The van der Waals surface area contributed by atoms with Crippen LogP contribution in [0.3, 0.4) is 0 Å². The fraction of sp³-hybridized carbons (Fsp3) is 0.917. The Balaban J connectivity index is 2.03. The molecule has 0 spiro atoms. The van der Waals surface area contributed by atoms with Gasteiger partial charge in [0.15, 0.2) is 0 Å². The molecule has 0 aromatic heterocycles. The molecule has 3 N–H and O–H groups in total. The Labute approximate surface area is 98.6 Å². The largest absolute Gasteiger partial charge is 0.355 e. The smallest absolute Gasteiger partial charge is 0.237 e. The quantitative estimate of drug-likeness (QED) is 0.652. The molecule has 1 rings (SSSR count). The van der Waals surface area contributed by atoms with Crippen molar-refractivity contribution in [3.63, 3.8) is 0 Å². The minimum Gasteiger partial charge on any atom is -0.355 e. The SMILES string of the molecule is CC(C)[C@@H](N)C(=O)NCCCN1CCCC1. The molecule has 4 nitrogen and oxygen atoms in total. The van der Waals surface area contributed by atoms with Crippen LogP contribution in [-0.4, -0.2) is 43.0 Å². The van der Waals surface area contributed by atoms with Crippen molar-refractivity contribution in [2.24, 2.45) is 11.7 Å². The Morgan fingerprint density at radius 3 is 2.56 bits per heavy atom. The summed E-state index contributed by atoms with van der Waals surface area (Å²) in [6.45, 7) is 8.22.